The molecule has 6 heteroatoms. The molecule has 16 heavy (non-hydrogen) atoms. The van der Waals surface area contributed by atoms with Gasteiger partial charge in [-0.15, -0.1) is 0 Å². The number of hydrogen-bond acceptors (Lipinski definition) is 1. The molecule has 0 bridgehead atoms. The topological polar surface area (TPSA) is 80.0 Å². The summed E-state index contributed by atoms with van der Waals surface area (Å²) >= 11 is 5.81. The van der Waals surface area contributed by atoms with Crippen LogP contribution >= 0.6 is 11.6 Å². The van der Waals surface area contributed by atoms with Crippen LogP contribution in [0, 0.1) is 0 Å². The van der Waals surface area contributed by atoms with Crippen molar-refractivity contribution in [1.29, 1.82) is 0 Å². The van der Waals surface area contributed by atoms with Crippen molar-refractivity contribution in [3.63, 3.8) is 0 Å². The van der Waals surface area contributed by atoms with E-state index < -0.39 is 0 Å². The fourth-order valence-electron chi connectivity index (χ4n) is 0.920. The molecule has 0 unspecified atom stereocenters. The van der Waals surface area contributed by atoms with Crippen LogP contribution in [0.3, 0.4) is 0 Å². The molecule has 0 amide bonds. The Hall–Kier alpha value is -1.75. The summed E-state index contributed by atoms with van der Waals surface area (Å²) in [5.41, 5.74) is 11.8. The van der Waals surface area contributed by atoms with Gasteiger partial charge in [0.05, 0.1) is 5.69 Å². The van der Waals surface area contributed by atoms with E-state index in [1.54, 1.807) is 43.3 Å². The van der Waals surface area contributed by atoms with Gasteiger partial charge in [0, 0.05) is 19.1 Å². The third kappa shape index (κ3) is 3.78. The van der Waals surface area contributed by atoms with Gasteiger partial charge in [-0.25, -0.2) is 4.99 Å². The number of guanidine groups is 2. The summed E-state index contributed by atoms with van der Waals surface area (Å²) in [6.07, 6.45) is 0. The Balaban J connectivity index is 2.89. The fraction of sp³-hybridized carbons (Fsp3) is 0.200. The van der Waals surface area contributed by atoms with E-state index in [1.165, 1.54) is 0 Å². The van der Waals surface area contributed by atoms with Gasteiger partial charge in [0.15, 0.2) is 5.96 Å². The van der Waals surface area contributed by atoms with Gasteiger partial charge in [-0.3, -0.25) is 0 Å². The van der Waals surface area contributed by atoms with Crippen molar-refractivity contribution >= 4 is 29.2 Å². The zero-order chi connectivity index (χ0) is 12.1. The van der Waals surface area contributed by atoms with Crippen molar-refractivity contribution in [2.45, 2.75) is 0 Å². The smallest absolute Gasteiger partial charge is 0.223 e. The maximum atomic E-state index is 5.81. The molecule has 4 N–H and O–H groups in total. The van der Waals surface area contributed by atoms with Crippen LogP contribution in [0.4, 0.5) is 5.69 Å². The van der Waals surface area contributed by atoms with Crippen molar-refractivity contribution in [3.05, 3.63) is 29.3 Å². The first-order valence-corrected chi connectivity index (χ1v) is 4.98. The lowest BCUT2D eigenvalue weighted by Crippen LogP contribution is -2.32. The van der Waals surface area contributed by atoms with Crippen molar-refractivity contribution in [1.82, 2.24) is 4.90 Å². The number of rotatable bonds is 1. The molecule has 86 valence electrons. The minimum Gasteiger partial charge on any atom is -0.369 e. The molecule has 0 saturated heterocycles. The fourth-order valence-corrected chi connectivity index (χ4v) is 1.10. The largest absolute Gasteiger partial charge is 0.369 e. The van der Waals surface area contributed by atoms with E-state index in [-0.39, 0.29) is 5.96 Å². The summed E-state index contributed by atoms with van der Waals surface area (Å²) in [5, 5.41) is 0.596. The average Bonchev–Trinajstić information content (AvgIpc) is 2.16. The monoisotopic (exact) mass is 239 g/mol. The molecule has 0 aliphatic rings. The first kappa shape index (κ1) is 12.3. The standard InChI is InChI=1S/C10H14ClN5/c1-16(2)10(13)15-9(12)14-8-5-3-4-7(11)6-8/h3-6H,1-2H3,(H4,12,13,14,15). The Morgan fingerprint density at radius 1 is 1.31 bits per heavy atom. The maximum Gasteiger partial charge on any atom is 0.223 e. The normalized spacial score (nSPS) is 12.7. The van der Waals surface area contributed by atoms with E-state index in [1.807, 2.05) is 0 Å². The van der Waals surface area contributed by atoms with Gasteiger partial charge in [-0.05, 0) is 18.2 Å². The van der Waals surface area contributed by atoms with Crippen LogP contribution < -0.4 is 11.5 Å². The molecule has 1 aromatic carbocycles. The van der Waals surface area contributed by atoms with Crippen molar-refractivity contribution < 1.29 is 0 Å². The first-order valence-electron chi connectivity index (χ1n) is 4.60. The van der Waals surface area contributed by atoms with Gasteiger partial charge in [0.1, 0.15) is 0 Å². The number of halogens is 1. The van der Waals surface area contributed by atoms with Crippen LogP contribution in [-0.4, -0.2) is 30.9 Å². The van der Waals surface area contributed by atoms with Gasteiger partial charge in [-0.2, -0.15) is 4.99 Å². The van der Waals surface area contributed by atoms with Crippen molar-refractivity contribution in [2.24, 2.45) is 21.5 Å². The van der Waals surface area contributed by atoms with Gasteiger partial charge in [0.2, 0.25) is 5.96 Å². The molecular formula is C10H14ClN5. The minimum absolute atomic E-state index is 0.0912. The number of nitrogens with zero attached hydrogens (tertiary/aromatic N) is 3. The number of benzene rings is 1. The molecule has 1 aromatic rings. The predicted molar refractivity (Wildman–Crippen MR) is 68.0 cm³/mol. The maximum absolute atomic E-state index is 5.81. The van der Waals surface area contributed by atoms with Crippen LogP contribution in [-0.2, 0) is 0 Å². The van der Waals surface area contributed by atoms with Crippen molar-refractivity contribution in [2.75, 3.05) is 14.1 Å². The van der Waals surface area contributed by atoms with Gasteiger partial charge in [0.25, 0.3) is 0 Å². The Morgan fingerprint density at radius 3 is 2.56 bits per heavy atom. The van der Waals surface area contributed by atoms with E-state index in [2.05, 4.69) is 9.98 Å². The van der Waals surface area contributed by atoms with Crippen LogP contribution in [0.2, 0.25) is 5.02 Å². The molecule has 1 rings (SSSR count). The highest BCUT2D eigenvalue weighted by Crippen LogP contribution is 2.17. The van der Waals surface area contributed by atoms with Gasteiger partial charge in [-0.1, -0.05) is 17.7 Å². The van der Waals surface area contributed by atoms with Crippen LogP contribution in [0.25, 0.3) is 0 Å². The highest BCUT2D eigenvalue weighted by atomic mass is 35.5. The Morgan fingerprint density at radius 2 is 2.00 bits per heavy atom. The summed E-state index contributed by atoms with van der Waals surface area (Å²) in [7, 11) is 3.54. The van der Waals surface area contributed by atoms with Gasteiger partial charge >= 0.3 is 0 Å². The quantitative estimate of drug-likeness (QED) is 0.570. The molecule has 0 fully saturated rings. The first-order chi connectivity index (χ1) is 7.49. The number of aliphatic imine (C=N–C) groups is 2. The molecule has 0 atom stereocenters. The number of nitrogens with two attached hydrogens (primary N) is 2. The number of hydrogen-bond donors (Lipinski definition) is 2. The molecule has 0 spiro atoms. The minimum atomic E-state index is 0.0912. The third-order valence-electron chi connectivity index (χ3n) is 1.74. The van der Waals surface area contributed by atoms with E-state index >= 15 is 0 Å². The molecule has 0 saturated carbocycles. The molecular weight excluding hydrogens is 226 g/mol. The van der Waals surface area contributed by atoms with Crippen LogP contribution in [0.5, 0.6) is 0 Å². The second-order valence-electron chi connectivity index (χ2n) is 3.31. The zero-order valence-electron chi connectivity index (χ0n) is 9.18. The van der Waals surface area contributed by atoms with Crippen LogP contribution in [0.15, 0.2) is 34.3 Å². The van der Waals surface area contributed by atoms with E-state index in [0.29, 0.717) is 16.7 Å². The Kier molecular flexibility index (Phi) is 4.13. The van der Waals surface area contributed by atoms with E-state index in [4.69, 9.17) is 23.1 Å². The highest BCUT2D eigenvalue weighted by molar-refractivity contribution is 6.30. The molecule has 0 aromatic heterocycles. The lowest BCUT2D eigenvalue weighted by atomic mass is 10.3. The summed E-state index contributed by atoms with van der Waals surface area (Å²) < 4.78 is 0. The van der Waals surface area contributed by atoms with Crippen LogP contribution in [0.1, 0.15) is 0 Å². The summed E-state index contributed by atoms with van der Waals surface area (Å²) in [6.45, 7) is 0. The summed E-state index contributed by atoms with van der Waals surface area (Å²) in [6, 6.07) is 7.01. The lowest BCUT2D eigenvalue weighted by Gasteiger charge is -2.09. The Bertz CT molecular complexity index is 425. The summed E-state index contributed by atoms with van der Waals surface area (Å²) in [5.74, 6) is 0.386. The lowest BCUT2D eigenvalue weighted by molar-refractivity contribution is 0.615. The Labute approximate surface area is 99.4 Å². The molecule has 0 aliphatic carbocycles. The molecule has 5 nitrogen and oxygen atoms in total. The SMILES string of the molecule is CN(C)/C(N)=N/C(N)=Nc1cccc(Cl)c1. The molecule has 0 radical (unpaired) electrons. The molecule has 0 heterocycles. The second-order valence-corrected chi connectivity index (χ2v) is 3.75. The predicted octanol–water partition coefficient (Wildman–Crippen LogP) is 1.16. The highest BCUT2D eigenvalue weighted by Gasteiger charge is 1.97. The van der Waals surface area contributed by atoms with E-state index in [0.717, 1.165) is 0 Å². The zero-order valence-corrected chi connectivity index (χ0v) is 9.94. The summed E-state index contributed by atoms with van der Waals surface area (Å²) in [4.78, 5) is 9.60. The molecule has 0 aliphatic heterocycles. The second kappa shape index (κ2) is 5.37. The third-order valence-corrected chi connectivity index (χ3v) is 1.97. The average molecular weight is 240 g/mol. The van der Waals surface area contributed by atoms with Gasteiger partial charge < -0.3 is 16.4 Å². The van der Waals surface area contributed by atoms with Crippen molar-refractivity contribution in [3.8, 4) is 0 Å². The van der Waals surface area contributed by atoms with E-state index in [9.17, 15) is 0 Å².